The van der Waals surface area contributed by atoms with Gasteiger partial charge in [0.05, 0.1) is 0 Å². The van der Waals surface area contributed by atoms with Crippen molar-refractivity contribution in [3.05, 3.63) is 59.2 Å². The fourth-order valence-electron chi connectivity index (χ4n) is 2.67. The van der Waals surface area contributed by atoms with E-state index >= 15 is 0 Å². The van der Waals surface area contributed by atoms with Gasteiger partial charge in [-0.3, -0.25) is 4.79 Å². The smallest absolute Gasteiger partial charge is 0.254 e. The largest absolute Gasteiger partial charge is 0.399 e. The molecule has 1 aliphatic heterocycles. The number of nitrogens with two attached hydrogens (primary N) is 1. The normalized spacial score (nSPS) is 13.9. The average Bonchev–Trinajstić information content (AvgIpc) is 2.53. The van der Waals surface area contributed by atoms with Crippen molar-refractivity contribution in [2.24, 2.45) is 0 Å². The Morgan fingerprint density at radius 2 is 1.90 bits per heavy atom. The van der Waals surface area contributed by atoms with Gasteiger partial charge in [0.15, 0.2) is 0 Å². The van der Waals surface area contributed by atoms with Crippen molar-refractivity contribution in [3.63, 3.8) is 0 Å². The lowest BCUT2D eigenvalue weighted by atomic mass is 9.98. The van der Waals surface area contributed by atoms with E-state index in [0.717, 1.165) is 29.8 Å². The highest BCUT2D eigenvalue weighted by Crippen LogP contribution is 2.23. The van der Waals surface area contributed by atoms with Gasteiger partial charge in [-0.1, -0.05) is 6.07 Å². The second kappa shape index (κ2) is 5.82. The van der Waals surface area contributed by atoms with E-state index in [9.17, 15) is 4.79 Å². The number of rotatable bonds is 2. The van der Waals surface area contributed by atoms with Crippen LogP contribution < -0.4 is 5.73 Å². The molecule has 3 nitrogen and oxygen atoms in total. The van der Waals surface area contributed by atoms with E-state index in [1.165, 1.54) is 10.5 Å². The number of nitrogen functional groups attached to an aromatic ring is 1. The average molecular weight is 298 g/mol. The molecule has 2 N–H and O–H groups in total. The second-order valence-electron chi connectivity index (χ2n) is 5.23. The third-order valence-corrected chi connectivity index (χ3v) is 4.61. The lowest BCUT2D eigenvalue weighted by molar-refractivity contribution is 0.0734. The summed E-state index contributed by atoms with van der Waals surface area (Å²) in [6.45, 7) is 1.41. The molecule has 0 atom stereocenters. The summed E-state index contributed by atoms with van der Waals surface area (Å²) in [4.78, 5) is 15.7. The van der Waals surface area contributed by atoms with Gasteiger partial charge in [0, 0.05) is 29.2 Å². The van der Waals surface area contributed by atoms with Crippen LogP contribution in [0, 0.1) is 0 Å². The van der Waals surface area contributed by atoms with Crippen molar-refractivity contribution in [2.45, 2.75) is 17.9 Å². The molecule has 2 aromatic carbocycles. The highest BCUT2D eigenvalue weighted by molar-refractivity contribution is 7.98. The van der Waals surface area contributed by atoms with Gasteiger partial charge in [-0.05, 0) is 60.2 Å². The molecule has 0 aliphatic carbocycles. The van der Waals surface area contributed by atoms with Gasteiger partial charge in [0.2, 0.25) is 0 Å². The molecule has 1 heterocycles. The van der Waals surface area contributed by atoms with E-state index in [2.05, 4.69) is 6.07 Å². The summed E-state index contributed by atoms with van der Waals surface area (Å²) in [7, 11) is 0. The summed E-state index contributed by atoms with van der Waals surface area (Å²) in [5.41, 5.74) is 9.81. The Morgan fingerprint density at radius 3 is 2.62 bits per heavy atom. The van der Waals surface area contributed by atoms with Gasteiger partial charge in [-0.15, -0.1) is 11.8 Å². The van der Waals surface area contributed by atoms with Crippen LogP contribution in [0.4, 0.5) is 5.69 Å². The molecule has 0 saturated heterocycles. The molecular formula is C17H18N2OS. The quantitative estimate of drug-likeness (QED) is 0.684. The molecule has 0 radical (unpaired) electrons. The van der Waals surface area contributed by atoms with E-state index < -0.39 is 0 Å². The van der Waals surface area contributed by atoms with E-state index in [1.807, 2.05) is 47.6 Å². The lowest BCUT2D eigenvalue weighted by Gasteiger charge is -2.29. The number of amides is 1. The summed E-state index contributed by atoms with van der Waals surface area (Å²) in [5, 5.41) is 0. The molecule has 1 amide bonds. The monoisotopic (exact) mass is 298 g/mol. The first-order chi connectivity index (χ1) is 10.2. The molecule has 4 heteroatoms. The molecule has 21 heavy (non-hydrogen) atoms. The molecule has 0 saturated carbocycles. The Labute approximate surface area is 129 Å². The van der Waals surface area contributed by atoms with Gasteiger partial charge < -0.3 is 10.6 Å². The number of benzene rings is 2. The van der Waals surface area contributed by atoms with Crippen molar-refractivity contribution in [2.75, 3.05) is 18.5 Å². The van der Waals surface area contributed by atoms with E-state index in [-0.39, 0.29) is 5.91 Å². The summed E-state index contributed by atoms with van der Waals surface area (Å²) < 4.78 is 0. The second-order valence-corrected chi connectivity index (χ2v) is 6.11. The number of nitrogens with zero attached hydrogens (tertiary/aromatic N) is 1. The third kappa shape index (κ3) is 2.90. The summed E-state index contributed by atoms with van der Waals surface area (Å²) in [6, 6.07) is 13.8. The first-order valence-corrected chi connectivity index (χ1v) is 8.20. The molecule has 0 aromatic heterocycles. The maximum Gasteiger partial charge on any atom is 0.254 e. The van der Waals surface area contributed by atoms with E-state index in [1.54, 1.807) is 11.8 Å². The number of carbonyl (C=O) groups excluding carboxylic acids is 1. The van der Waals surface area contributed by atoms with Crippen LogP contribution in [0.1, 0.15) is 21.5 Å². The minimum atomic E-state index is 0.0933. The zero-order valence-corrected chi connectivity index (χ0v) is 12.8. The predicted octanol–water partition coefficient (Wildman–Crippen LogP) is 3.19. The van der Waals surface area contributed by atoms with Crippen molar-refractivity contribution in [1.29, 1.82) is 0 Å². The van der Waals surface area contributed by atoms with Gasteiger partial charge in [-0.2, -0.15) is 0 Å². The Morgan fingerprint density at radius 1 is 1.14 bits per heavy atom. The first kappa shape index (κ1) is 14.0. The molecule has 0 fully saturated rings. The minimum Gasteiger partial charge on any atom is -0.399 e. The van der Waals surface area contributed by atoms with Crippen LogP contribution in [0.15, 0.2) is 47.4 Å². The van der Waals surface area contributed by atoms with Crippen LogP contribution in [0.25, 0.3) is 0 Å². The van der Waals surface area contributed by atoms with Crippen molar-refractivity contribution in [3.8, 4) is 0 Å². The number of carbonyl (C=O) groups is 1. The number of hydrogen-bond acceptors (Lipinski definition) is 3. The van der Waals surface area contributed by atoms with Crippen LogP contribution in [0.5, 0.6) is 0 Å². The van der Waals surface area contributed by atoms with Crippen molar-refractivity contribution in [1.82, 2.24) is 4.90 Å². The highest BCUT2D eigenvalue weighted by Gasteiger charge is 2.21. The fourth-order valence-corrected chi connectivity index (χ4v) is 3.07. The molecule has 0 unspecified atom stereocenters. The van der Waals surface area contributed by atoms with Crippen LogP contribution >= 0.6 is 11.8 Å². The minimum absolute atomic E-state index is 0.0933. The number of anilines is 1. The molecule has 0 bridgehead atoms. The fraction of sp³-hybridized carbons (Fsp3) is 0.235. The van der Waals surface area contributed by atoms with E-state index in [0.29, 0.717) is 6.54 Å². The third-order valence-electron chi connectivity index (χ3n) is 3.87. The van der Waals surface area contributed by atoms with Gasteiger partial charge in [0.25, 0.3) is 5.91 Å². The molecular weight excluding hydrogens is 280 g/mol. The molecule has 2 aromatic rings. The maximum atomic E-state index is 12.6. The van der Waals surface area contributed by atoms with Crippen LogP contribution in [0.3, 0.4) is 0 Å². The van der Waals surface area contributed by atoms with Gasteiger partial charge >= 0.3 is 0 Å². The number of thioether (sulfide) groups is 1. The van der Waals surface area contributed by atoms with Crippen LogP contribution in [-0.2, 0) is 13.0 Å². The summed E-state index contributed by atoms with van der Waals surface area (Å²) in [5.74, 6) is 0.0933. The topological polar surface area (TPSA) is 46.3 Å². The first-order valence-electron chi connectivity index (χ1n) is 6.98. The number of hydrogen-bond donors (Lipinski definition) is 1. The van der Waals surface area contributed by atoms with Gasteiger partial charge in [0.1, 0.15) is 0 Å². The van der Waals surface area contributed by atoms with Crippen LogP contribution in [0.2, 0.25) is 0 Å². The molecule has 108 valence electrons. The Kier molecular flexibility index (Phi) is 3.88. The predicted molar refractivity (Wildman–Crippen MR) is 87.5 cm³/mol. The zero-order chi connectivity index (χ0) is 14.8. The van der Waals surface area contributed by atoms with Gasteiger partial charge in [-0.25, -0.2) is 0 Å². The van der Waals surface area contributed by atoms with Crippen molar-refractivity contribution >= 4 is 23.4 Å². The Balaban J connectivity index is 1.79. The van der Waals surface area contributed by atoms with Crippen molar-refractivity contribution < 1.29 is 4.79 Å². The number of fused-ring (bicyclic) bond motifs is 1. The Bertz CT molecular complexity index is 667. The zero-order valence-electron chi connectivity index (χ0n) is 12.0. The lowest BCUT2D eigenvalue weighted by Crippen LogP contribution is -2.35. The summed E-state index contributed by atoms with van der Waals surface area (Å²) >= 11 is 1.68. The Hall–Kier alpha value is -1.94. The van der Waals surface area contributed by atoms with E-state index in [4.69, 9.17) is 5.73 Å². The molecule has 3 rings (SSSR count). The molecule has 1 aliphatic rings. The summed E-state index contributed by atoms with van der Waals surface area (Å²) in [6.07, 6.45) is 2.92. The highest BCUT2D eigenvalue weighted by atomic mass is 32.2. The molecule has 0 spiro atoms. The van der Waals surface area contributed by atoms with Crippen LogP contribution in [-0.4, -0.2) is 23.6 Å². The standard InChI is InChI=1S/C17H18N2OS/c1-21-16-6-3-13(4-7-16)17(20)19-9-8-12-2-5-15(18)10-14(12)11-19/h2-7,10H,8-9,11,18H2,1H3. The maximum absolute atomic E-state index is 12.6. The SMILES string of the molecule is CSc1ccc(C(=O)N2CCc3ccc(N)cc3C2)cc1.